The Morgan fingerprint density at radius 2 is 2.00 bits per heavy atom. The summed E-state index contributed by atoms with van der Waals surface area (Å²) in [5.74, 6) is 3.58. The second-order valence-electron chi connectivity index (χ2n) is 8.46. The average Bonchev–Trinajstić information content (AvgIpc) is 3.43. The summed E-state index contributed by atoms with van der Waals surface area (Å²) in [6.45, 7) is 10.4. The molecule has 32 heavy (non-hydrogen) atoms. The molecule has 1 aliphatic rings. The standard InChI is InChI=1S/C23H26N6O2S/c1-14(2)21-24-15(3)11-19(27-21)29-8-6-28(7-9-29)12-18-25-22(30)20-16(13-32-23(20)26-18)17-5-4-10-31-17/h4-5,10-11,13-14H,6-9,12H2,1-3H3,(H,25,26,30). The van der Waals surface area contributed by atoms with Crippen LogP contribution in [0.4, 0.5) is 5.82 Å². The number of H-pyrrole nitrogens is 1. The van der Waals surface area contributed by atoms with Crippen molar-refractivity contribution in [3.8, 4) is 11.3 Å². The average molecular weight is 451 g/mol. The highest BCUT2D eigenvalue weighted by Crippen LogP contribution is 2.31. The molecule has 0 spiro atoms. The number of aryl methyl sites for hydroxylation is 1. The second kappa shape index (κ2) is 8.48. The van der Waals surface area contributed by atoms with Crippen LogP contribution in [-0.4, -0.2) is 51.0 Å². The van der Waals surface area contributed by atoms with Crippen LogP contribution in [0.3, 0.4) is 0 Å². The molecule has 0 amide bonds. The maximum absolute atomic E-state index is 12.8. The largest absolute Gasteiger partial charge is 0.464 e. The fourth-order valence-electron chi connectivity index (χ4n) is 4.02. The van der Waals surface area contributed by atoms with E-state index in [0.717, 1.165) is 53.9 Å². The lowest BCUT2D eigenvalue weighted by Gasteiger charge is -2.35. The van der Waals surface area contributed by atoms with E-state index in [-0.39, 0.29) is 5.56 Å². The zero-order valence-electron chi connectivity index (χ0n) is 18.5. The minimum Gasteiger partial charge on any atom is -0.464 e. The second-order valence-corrected chi connectivity index (χ2v) is 9.32. The van der Waals surface area contributed by atoms with Crippen molar-refractivity contribution in [3.63, 3.8) is 0 Å². The van der Waals surface area contributed by atoms with Crippen LogP contribution < -0.4 is 10.5 Å². The predicted octanol–water partition coefficient (Wildman–Crippen LogP) is 3.79. The molecule has 8 nitrogen and oxygen atoms in total. The number of aromatic amines is 1. The van der Waals surface area contributed by atoms with Gasteiger partial charge in [-0.1, -0.05) is 13.8 Å². The summed E-state index contributed by atoms with van der Waals surface area (Å²) in [7, 11) is 0. The number of furan rings is 1. The first-order chi connectivity index (χ1) is 15.5. The van der Waals surface area contributed by atoms with Gasteiger partial charge in [0.05, 0.1) is 18.2 Å². The van der Waals surface area contributed by atoms with Crippen LogP contribution in [0, 0.1) is 6.92 Å². The summed E-state index contributed by atoms with van der Waals surface area (Å²) >= 11 is 1.47. The van der Waals surface area contributed by atoms with E-state index in [1.165, 1.54) is 11.3 Å². The van der Waals surface area contributed by atoms with Crippen LogP contribution in [0.2, 0.25) is 0 Å². The Morgan fingerprint density at radius 1 is 1.19 bits per heavy atom. The van der Waals surface area contributed by atoms with E-state index in [0.29, 0.717) is 29.4 Å². The molecule has 166 valence electrons. The molecule has 0 saturated carbocycles. The third kappa shape index (κ3) is 4.05. The molecule has 4 aromatic heterocycles. The SMILES string of the molecule is Cc1cc(N2CCN(Cc3nc4scc(-c5ccco5)c4c(=O)[nH]3)CC2)nc(C(C)C)n1. The van der Waals surface area contributed by atoms with Crippen molar-refractivity contribution in [1.82, 2.24) is 24.8 Å². The molecule has 1 saturated heterocycles. The number of nitrogens with one attached hydrogen (secondary N) is 1. The van der Waals surface area contributed by atoms with Gasteiger partial charge in [0.2, 0.25) is 0 Å². The van der Waals surface area contributed by atoms with Crippen molar-refractivity contribution in [3.05, 3.63) is 57.5 Å². The van der Waals surface area contributed by atoms with Gasteiger partial charge in [-0.15, -0.1) is 11.3 Å². The lowest BCUT2D eigenvalue weighted by Crippen LogP contribution is -2.46. The van der Waals surface area contributed by atoms with Gasteiger partial charge in [-0.25, -0.2) is 15.0 Å². The maximum Gasteiger partial charge on any atom is 0.260 e. The number of rotatable bonds is 5. The van der Waals surface area contributed by atoms with E-state index in [9.17, 15) is 4.79 Å². The molecule has 5 heterocycles. The fourth-order valence-corrected chi connectivity index (χ4v) is 4.97. The molecule has 0 atom stereocenters. The van der Waals surface area contributed by atoms with E-state index in [1.54, 1.807) is 6.26 Å². The highest BCUT2D eigenvalue weighted by Gasteiger charge is 2.21. The predicted molar refractivity (Wildman–Crippen MR) is 126 cm³/mol. The van der Waals surface area contributed by atoms with Crippen LogP contribution in [0.1, 0.15) is 37.1 Å². The normalized spacial score (nSPS) is 15.2. The molecular weight excluding hydrogens is 424 g/mol. The van der Waals surface area contributed by atoms with Crippen LogP contribution >= 0.6 is 11.3 Å². The van der Waals surface area contributed by atoms with E-state index in [2.05, 4.69) is 39.7 Å². The van der Waals surface area contributed by atoms with Crippen LogP contribution in [0.25, 0.3) is 21.5 Å². The van der Waals surface area contributed by atoms with E-state index in [1.807, 2.05) is 24.4 Å². The lowest BCUT2D eigenvalue weighted by molar-refractivity contribution is 0.243. The van der Waals surface area contributed by atoms with Gasteiger partial charge in [-0.3, -0.25) is 9.69 Å². The molecule has 4 aromatic rings. The summed E-state index contributed by atoms with van der Waals surface area (Å²) < 4.78 is 5.47. The minimum absolute atomic E-state index is 0.117. The van der Waals surface area contributed by atoms with Gasteiger partial charge in [0.25, 0.3) is 5.56 Å². The van der Waals surface area contributed by atoms with Gasteiger partial charge in [0.15, 0.2) is 0 Å². The quantitative estimate of drug-likeness (QED) is 0.495. The first-order valence-electron chi connectivity index (χ1n) is 10.8. The molecule has 9 heteroatoms. The Hall–Kier alpha value is -3.04. The highest BCUT2D eigenvalue weighted by atomic mass is 32.1. The van der Waals surface area contributed by atoms with Gasteiger partial charge in [0, 0.05) is 54.8 Å². The van der Waals surface area contributed by atoms with Crippen molar-refractivity contribution in [2.45, 2.75) is 33.2 Å². The van der Waals surface area contributed by atoms with Crippen molar-refractivity contribution < 1.29 is 4.42 Å². The Kier molecular flexibility index (Phi) is 5.52. The van der Waals surface area contributed by atoms with Crippen molar-refractivity contribution in [1.29, 1.82) is 0 Å². The van der Waals surface area contributed by atoms with Crippen molar-refractivity contribution in [2.24, 2.45) is 0 Å². The minimum atomic E-state index is -0.117. The fraction of sp³-hybridized carbons (Fsp3) is 0.391. The third-order valence-electron chi connectivity index (χ3n) is 5.72. The molecular formula is C23H26N6O2S. The number of nitrogens with zero attached hydrogens (tertiary/aromatic N) is 5. The van der Waals surface area contributed by atoms with E-state index >= 15 is 0 Å². The summed E-state index contributed by atoms with van der Waals surface area (Å²) in [5, 5.41) is 2.53. The number of hydrogen-bond acceptors (Lipinski definition) is 8. The number of piperazine rings is 1. The first-order valence-corrected chi connectivity index (χ1v) is 11.7. The van der Waals surface area contributed by atoms with Gasteiger partial charge < -0.3 is 14.3 Å². The first kappa shape index (κ1) is 20.8. The number of hydrogen-bond donors (Lipinski definition) is 1. The molecule has 0 bridgehead atoms. The van der Waals surface area contributed by atoms with E-state index in [4.69, 9.17) is 14.4 Å². The maximum atomic E-state index is 12.8. The molecule has 0 radical (unpaired) electrons. The number of fused-ring (bicyclic) bond motifs is 1. The highest BCUT2D eigenvalue weighted by molar-refractivity contribution is 7.17. The molecule has 0 aromatic carbocycles. The molecule has 1 N–H and O–H groups in total. The molecule has 0 unspecified atom stereocenters. The third-order valence-corrected chi connectivity index (χ3v) is 6.60. The van der Waals surface area contributed by atoms with Crippen LogP contribution in [0.15, 0.2) is 39.1 Å². The van der Waals surface area contributed by atoms with Gasteiger partial charge in [-0.2, -0.15) is 0 Å². The number of anilines is 1. The van der Waals surface area contributed by atoms with Crippen LogP contribution in [0.5, 0.6) is 0 Å². The monoisotopic (exact) mass is 450 g/mol. The number of thiophene rings is 1. The molecule has 1 aliphatic heterocycles. The Labute approximate surface area is 190 Å². The van der Waals surface area contributed by atoms with Gasteiger partial charge in [0.1, 0.15) is 28.1 Å². The van der Waals surface area contributed by atoms with Crippen molar-refractivity contribution in [2.75, 3.05) is 31.1 Å². The zero-order chi connectivity index (χ0) is 22.2. The summed E-state index contributed by atoms with van der Waals surface area (Å²) in [4.78, 5) is 35.2. The van der Waals surface area contributed by atoms with Crippen molar-refractivity contribution >= 4 is 27.4 Å². The zero-order valence-corrected chi connectivity index (χ0v) is 19.3. The van der Waals surface area contributed by atoms with Gasteiger partial charge in [-0.05, 0) is 19.1 Å². The number of aromatic nitrogens is 4. The smallest absolute Gasteiger partial charge is 0.260 e. The Balaban J connectivity index is 1.29. The van der Waals surface area contributed by atoms with Gasteiger partial charge >= 0.3 is 0 Å². The molecule has 5 rings (SSSR count). The summed E-state index contributed by atoms with van der Waals surface area (Å²) in [5.41, 5.74) is 1.68. The Bertz CT molecular complexity index is 1290. The molecule has 0 aliphatic carbocycles. The topological polar surface area (TPSA) is 91.2 Å². The Morgan fingerprint density at radius 3 is 2.72 bits per heavy atom. The lowest BCUT2D eigenvalue weighted by atomic mass is 10.2. The van der Waals surface area contributed by atoms with E-state index < -0.39 is 0 Å². The molecule has 1 fully saturated rings. The summed E-state index contributed by atoms with van der Waals surface area (Å²) in [6.07, 6.45) is 1.61. The van der Waals surface area contributed by atoms with Crippen LogP contribution in [-0.2, 0) is 6.54 Å². The summed E-state index contributed by atoms with van der Waals surface area (Å²) in [6, 6.07) is 5.74.